The molecule has 4 rings (SSSR count). The molecule has 0 atom stereocenters. The van der Waals surface area contributed by atoms with Crippen LogP contribution in [0.1, 0.15) is 38.8 Å². The fourth-order valence-electron chi connectivity index (χ4n) is 4.19. The average Bonchev–Trinajstić information content (AvgIpc) is 3.28. The first-order valence-corrected chi connectivity index (χ1v) is 10.6. The number of carbonyl (C=O) groups excluding carboxylic acids is 2. The van der Waals surface area contributed by atoms with Gasteiger partial charge in [0.1, 0.15) is 5.76 Å². The third-order valence-electron chi connectivity index (χ3n) is 6.07. The van der Waals surface area contributed by atoms with Crippen LogP contribution in [0.2, 0.25) is 0 Å². The quantitative estimate of drug-likeness (QED) is 0.650. The van der Waals surface area contributed by atoms with E-state index in [1.165, 1.54) is 0 Å². The second kappa shape index (κ2) is 8.41. The Labute approximate surface area is 182 Å². The summed E-state index contributed by atoms with van der Waals surface area (Å²) in [6, 6.07) is 11.9. The van der Waals surface area contributed by atoms with Crippen molar-refractivity contribution in [3.05, 3.63) is 70.4 Å². The predicted molar refractivity (Wildman–Crippen MR) is 117 cm³/mol. The van der Waals surface area contributed by atoms with Crippen molar-refractivity contribution < 1.29 is 14.1 Å². The van der Waals surface area contributed by atoms with Crippen LogP contribution in [0.4, 0.5) is 0 Å². The lowest BCUT2D eigenvalue weighted by Gasteiger charge is -2.35. The van der Waals surface area contributed by atoms with Gasteiger partial charge in [-0.15, -0.1) is 0 Å². The third kappa shape index (κ3) is 4.13. The van der Waals surface area contributed by atoms with Crippen LogP contribution in [0.3, 0.4) is 0 Å². The number of nitrogens with zero attached hydrogens (tertiary/aromatic N) is 4. The topological polar surface area (TPSA) is 71.6 Å². The van der Waals surface area contributed by atoms with Crippen molar-refractivity contribution >= 4 is 11.8 Å². The highest BCUT2D eigenvalue weighted by Crippen LogP contribution is 2.19. The van der Waals surface area contributed by atoms with E-state index >= 15 is 0 Å². The van der Waals surface area contributed by atoms with Crippen molar-refractivity contribution in [2.75, 3.05) is 26.2 Å². The molecule has 162 valence electrons. The molecule has 0 radical (unpaired) electrons. The van der Waals surface area contributed by atoms with E-state index in [1.54, 1.807) is 0 Å². The molecular formula is C24H28N4O3. The van der Waals surface area contributed by atoms with Crippen LogP contribution in [0.25, 0.3) is 5.69 Å². The van der Waals surface area contributed by atoms with Gasteiger partial charge in [-0.2, -0.15) is 0 Å². The van der Waals surface area contributed by atoms with Gasteiger partial charge in [0.15, 0.2) is 0 Å². The number of benzene rings is 1. The maximum atomic E-state index is 12.9. The van der Waals surface area contributed by atoms with E-state index in [1.807, 2.05) is 47.9 Å². The normalized spacial score (nSPS) is 14.2. The molecule has 1 saturated heterocycles. The van der Waals surface area contributed by atoms with Crippen LogP contribution in [-0.4, -0.2) is 57.5 Å². The van der Waals surface area contributed by atoms with Gasteiger partial charge >= 0.3 is 0 Å². The van der Waals surface area contributed by atoms with Gasteiger partial charge in [-0.1, -0.05) is 5.16 Å². The van der Waals surface area contributed by atoms with Crippen LogP contribution >= 0.6 is 0 Å². The number of aromatic nitrogens is 2. The van der Waals surface area contributed by atoms with Gasteiger partial charge in [0, 0.05) is 54.4 Å². The molecule has 3 aromatic rings. The van der Waals surface area contributed by atoms with Gasteiger partial charge in [-0.3, -0.25) is 9.59 Å². The zero-order chi connectivity index (χ0) is 22.1. The van der Waals surface area contributed by atoms with Gasteiger partial charge < -0.3 is 18.9 Å². The Morgan fingerprint density at radius 1 is 0.871 bits per heavy atom. The van der Waals surface area contributed by atoms with Gasteiger partial charge in [0.25, 0.3) is 5.91 Å². The molecule has 1 aromatic carbocycles. The second-order valence-electron chi connectivity index (χ2n) is 8.15. The molecule has 0 unspecified atom stereocenters. The van der Waals surface area contributed by atoms with E-state index in [9.17, 15) is 9.59 Å². The maximum absolute atomic E-state index is 12.9. The summed E-state index contributed by atoms with van der Waals surface area (Å²) in [6.07, 6.45) is 0.287. The molecule has 1 aliphatic rings. The Balaban J connectivity index is 1.36. The predicted octanol–water partition coefficient (Wildman–Crippen LogP) is 3.23. The van der Waals surface area contributed by atoms with Gasteiger partial charge in [0.2, 0.25) is 5.91 Å². The Bertz CT molecular complexity index is 1060. The van der Waals surface area contributed by atoms with Crippen molar-refractivity contribution in [2.45, 2.75) is 34.1 Å². The largest absolute Gasteiger partial charge is 0.361 e. The number of hydrogen-bond acceptors (Lipinski definition) is 4. The minimum atomic E-state index is 0.00493. The van der Waals surface area contributed by atoms with Crippen molar-refractivity contribution in [3.63, 3.8) is 0 Å². The standard InChI is InChI=1S/C24H28N4O3/c1-16-5-6-17(2)28(16)21-9-7-20(8-10-21)24(30)27-13-11-26(12-14-27)23(29)15-22-18(3)25-31-19(22)4/h5-10H,11-15H2,1-4H3. The molecule has 31 heavy (non-hydrogen) atoms. The van der Waals surface area contributed by atoms with E-state index in [0.29, 0.717) is 37.5 Å². The molecule has 0 aliphatic carbocycles. The Hall–Kier alpha value is -3.35. The molecule has 7 nitrogen and oxygen atoms in total. The van der Waals surface area contributed by atoms with Crippen LogP contribution in [-0.2, 0) is 11.2 Å². The lowest BCUT2D eigenvalue weighted by atomic mass is 10.1. The van der Waals surface area contributed by atoms with Crippen molar-refractivity contribution in [3.8, 4) is 5.69 Å². The van der Waals surface area contributed by atoms with Crippen molar-refractivity contribution in [1.82, 2.24) is 19.5 Å². The first-order valence-electron chi connectivity index (χ1n) is 10.6. The van der Waals surface area contributed by atoms with Crippen molar-refractivity contribution in [1.29, 1.82) is 0 Å². The van der Waals surface area contributed by atoms with Crippen LogP contribution in [0, 0.1) is 27.7 Å². The lowest BCUT2D eigenvalue weighted by Crippen LogP contribution is -2.51. The summed E-state index contributed by atoms with van der Waals surface area (Å²) in [5, 5.41) is 3.91. The van der Waals surface area contributed by atoms with Gasteiger partial charge in [-0.05, 0) is 64.1 Å². The number of piperazine rings is 1. The minimum absolute atomic E-state index is 0.00493. The number of amides is 2. The fourth-order valence-corrected chi connectivity index (χ4v) is 4.19. The summed E-state index contributed by atoms with van der Waals surface area (Å²) < 4.78 is 7.32. The van der Waals surface area contributed by atoms with E-state index in [2.05, 4.69) is 35.7 Å². The van der Waals surface area contributed by atoms with Crippen LogP contribution in [0.5, 0.6) is 0 Å². The van der Waals surface area contributed by atoms with Gasteiger partial charge in [-0.25, -0.2) is 0 Å². The Kier molecular flexibility index (Phi) is 5.67. The zero-order valence-corrected chi connectivity index (χ0v) is 18.5. The fraction of sp³-hybridized carbons (Fsp3) is 0.375. The molecule has 3 heterocycles. The highest BCUT2D eigenvalue weighted by atomic mass is 16.5. The number of rotatable bonds is 4. The summed E-state index contributed by atoms with van der Waals surface area (Å²) in [7, 11) is 0. The molecule has 2 amide bonds. The summed E-state index contributed by atoms with van der Waals surface area (Å²) >= 11 is 0. The monoisotopic (exact) mass is 420 g/mol. The summed E-state index contributed by atoms with van der Waals surface area (Å²) in [5.41, 5.74) is 5.65. The molecular weight excluding hydrogens is 392 g/mol. The molecule has 0 N–H and O–H groups in total. The molecule has 7 heteroatoms. The molecule has 0 spiro atoms. The molecule has 2 aromatic heterocycles. The first kappa shape index (κ1) is 20.9. The number of carbonyl (C=O) groups is 2. The summed E-state index contributed by atoms with van der Waals surface area (Å²) in [5.74, 6) is 0.738. The van der Waals surface area contributed by atoms with Gasteiger partial charge in [0.05, 0.1) is 12.1 Å². The molecule has 1 fully saturated rings. The third-order valence-corrected chi connectivity index (χ3v) is 6.07. The van der Waals surface area contributed by atoms with E-state index in [-0.39, 0.29) is 18.2 Å². The molecule has 0 bridgehead atoms. The van der Waals surface area contributed by atoms with E-state index in [4.69, 9.17) is 4.52 Å². The van der Waals surface area contributed by atoms with Crippen molar-refractivity contribution in [2.24, 2.45) is 0 Å². The minimum Gasteiger partial charge on any atom is -0.361 e. The Morgan fingerprint density at radius 3 is 2.00 bits per heavy atom. The highest BCUT2D eigenvalue weighted by Gasteiger charge is 2.26. The summed E-state index contributed by atoms with van der Waals surface area (Å²) in [6.45, 7) is 9.94. The average molecular weight is 421 g/mol. The second-order valence-corrected chi connectivity index (χ2v) is 8.15. The number of aryl methyl sites for hydroxylation is 4. The lowest BCUT2D eigenvalue weighted by molar-refractivity contribution is -0.131. The van der Waals surface area contributed by atoms with E-state index < -0.39 is 0 Å². The number of hydrogen-bond donors (Lipinski definition) is 0. The summed E-state index contributed by atoms with van der Waals surface area (Å²) in [4.78, 5) is 29.3. The smallest absolute Gasteiger partial charge is 0.253 e. The first-order chi connectivity index (χ1) is 14.8. The van der Waals surface area contributed by atoms with Crippen LogP contribution in [0.15, 0.2) is 40.9 Å². The van der Waals surface area contributed by atoms with E-state index in [0.717, 1.165) is 28.3 Å². The molecule has 0 saturated carbocycles. The zero-order valence-electron chi connectivity index (χ0n) is 18.5. The Morgan fingerprint density at radius 2 is 1.45 bits per heavy atom. The molecule has 1 aliphatic heterocycles. The highest BCUT2D eigenvalue weighted by molar-refractivity contribution is 5.94. The SMILES string of the molecule is Cc1noc(C)c1CC(=O)N1CCN(C(=O)c2ccc(-n3c(C)ccc3C)cc2)CC1. The van der Waals surface area contributed by atoms with Crippen LogP contribution < -0.4 is 0 Å². The maximum Gasteiger partial charge on any atom is 0.253 e.